The number of benzene rings is 1. The molecule has 0 saturated heterocycles. The average molecular weight is 303 g/mol. The standard InChI is InChI=1S/C9H11.W/c1-7-4-5-8(2)9(3)6-7;/h5-6H,1-3H3;/q-1;. The first-order valence-electron chi connectivity index (χ1n) is 3.15. The van der Waals surface area contributed by atoms with Gasteiger partial charge in [0.15, 0.2) is 0 Å². The van der Waals surface area contributed by atoms with Gasteiger partial charge in [0, 0.05) is 21.1 Å². The normalized spacial score (nSPS) is 8.70. The second-order valence-corrected chi connectivity index (χ2v) is 2.48. The summed E-state index contributed by atoms with van der Waals surface area (Å²) in [7, 11) is 0. The Morgan fingerprint density at radius 3 is 2.10 bits per heavy atom. The Morgan fingerprint density at radius 1 is 1.10 bits per heavy atom. The van der Waals surface area contributed by atoms with Crippen LogP contribution in [-0.4, -0.2) is 0 Å². The van der Waals surface area contributed by atoms with E-state index >= 15 is 0 Å². The first-order chi connectivity index (χ1) is 4.20. The molecular weight excluding hydrogens is 292 g/mol. The van der Waals surface area contributed by atoms with Crippen molar-refractivity contribution in [1.29, 1.82) is 0 Å². The van der Waals surface area contributed by atoms with Crippen molar-refractivity contribution >= 4 is 0 Å². The Bertz CT molecular complexity index is 216. The summed E-state index contributed by atoms with van der Waals surface area (Å²) in [4.78, 5) is 0. The maximum absolute atomic E-state index is 3.14. The van der Waals surface area contributed by atoms with Gasteiger partial charge in [0.25, 0.3) is 0 Å². The fraction of sp³-hybridized carbons (Fsp3) is 0.333. The largest absolute Gasteiger partial charge is 0.180 e. The SMILES string of the molecule is Cc1[c-]cc(C)c(C)c1.[W]. The van der Waals surface area contributed by atoms with E-state index in [9.17, 15) is 0 Å². The minimum Gasteiger partial charge on any atom is -0.180 e. The number of aryl methyl sites for hydroxylation is 3. The minimum absolute atomic E-state index is 0. The topological polar surface area (TPSA) is 0 Å². The molecular formula is C9H11W-. The van der Waals surface area contributed by atoms with Gasteiger partial charge in [-0.25, -0.2) is 0 Å². The van der Waals surface area contributed by atoms with Gasteiger partial charge in [-0.1, -0.05) is 20.8 Å². The summed E-state index contributed by atoms with van der Waals surface area (Å²) in [5, 5.41) is 0. The van der Waals surface area contributed by atoms with Crippen LogP contribution in [0.25, 0.3) is 0 Å². The van der Waals surface area contributed by atoms with Gasteiger partial charge in [-0.3, -0.25) is 0 Å². The van der Waals surface area contributed by atoms with Crippen LogP contribution in [0.3, 0.4) is 0 Å². The van der Waals surface area contributed by atoms with Crippen LogP contribution < -0.4 is 0 Å². The molecule has 1 aromatic carbocycles. The Labute approximate surface area is 76.9 Å². The summed E-state index contributed by atoms with van der Waals surface area (Å²) in [5.74, 6) is 0. The maximum Gasteiger partial charge on any atom is 0 e. The van der Waals surface area contributed by atoms with Crippen molar-refractivity contribution in [3.8, 4) is 0 Å². The van der Waals surface area contributed by atoms with E-state index in [1.165, 1.54) is 16.7 Å². The molecule has 10 heavy (non-hydrogen) atoms. The van der Waals surface area contributed by atoms with Crippen molar-refractivity contribution in [3.05, 3.63) is 34.9 Å². The van der Waals surface area contributed by atoms with Crippen LogP contribution in [0.1, 0.15) is 16.7 Å². The van der Waals surface area contributed by atoms with Crippen molar-refractivity contribution in [2.75, 3.05) is 0 Å². The molecule has 1 aromatic rings. The molecule has 0 atom stereocenters. The van der Waals surface area contributed by atoms with Crippen LogP contribution in [0, 0.1) is 26.8 Å². The summed E-state index contributed by atoms with van der Waals surface area (Å²) in [5.41, 5.74) is 3.89. The van der Waals surface area contributed by atoms with E-state index in [4.69, 9.17) is 0 Å². The first kappa shape index (κ1) is 9.91. The quantitative estimate of drug-likeness (QED) is 0.646. The molecule has 0 radical (unpaired) electrons. The van der Waals surface area contributed by atoms with Crippen LogP contribution in [-0.2, 0) is 21.1 Å². The van der Waals surface area contributed by atoms with Gasteiger partial charge in [0.1, 0.15) is 0 Å². The number of rotatable bonds is 0. The maximum atomic E-state index is 3.14. The molecule has 0 saturated carbocycles. The summed E-state index contributed by atoms with van der Waals surface area (Å²) in [6.45, 7) is 6.29. The molecule has 0 aromatic heterocycles. The molecule has 0 aliphatic rings. The van der Waals surface area contributed by atoms with E-state index in [1.54, 1.807) is 0 Å². The predicted octanol–water partition coefficient (Wildman–Crippen LogP) is 2.41. The summed E-state index contributed by atoms with van der Waals surface area (Å²) in [6.07, 6.45) is 0. The smallest absolute Gasteiger partial charge is 0 e. The van der Waals surface area contributed by atoms with Gasteiger partial charge in [-0.15, -0.1) is 0 Å². The molecule has 0 unspecified atom stereocenters. The van der Waals surface area contributed by atoms with Crippen molar-refractivity contribution in [2.24, 2.45) is 0 Å². The van der Waals surface area contributed by atoms with E-state index in [0.717, 1.165) is 0 Å². The second-order valence-electron chi connectivity index (χ2n) is 2.48. The van der Waals surface area contributed by atoms with E-state index in [-0.39, 0.29) is 21.1 Å². The Kier molecular flexibility index (Phi) is 3.89. The fourth-order valence-electron chi connectivity index (χ4n) is 0.816. The Balaban J connectivity index is 0.000000810. The molecule has 0 heterocycles. The van der Waals surface area contributed by atoms with E-state index < -0.39 is 0 Å². The predicted molar refractivity (Wildman–Crippen MR) is 39.5 cm³/mol. The van der Waals surface area contributed by atoms with Gasteiger partial charge >= 0.3 is 0 Å². The van der Waals surface area contributed by atoms with Crippen molar-refractivity contribution in [1.82, 2.24) is 0 Å². The number of hydrogen-bond donors (Lipinski definition) is 0. The minimum atomic E-state index is 0. The number of hydrogen-bond acceptors (Lipinski definition) is 0. The fourth-order valence-corrected chi connectivity index (χ4v) is 0.816. The second kappa shape index (κ2) is 3.93. The molecule has 0 amide bonds. The van der Waals surface area contributed by atoms with Crippen LogP contribution in [0.5, 0.6) is 0 Å². The van der Waals surface area contributed by atoms with Gasteiger partial charge in [-0.2, -0.15) is 34.9 Å². The molecule has 0 aliphatic carbocycles. The molecule has 1 heteroatoms. The van der Waals surface area contributed by atoms with Crippen LogP contribution >= 0.6 is 0 Å². The summed E-state index contributed by atoms with van der Waals surface area (Å²) < 4.78 is 0. The van der Waals surface area contributed by atoms with Crippen LogP contribution in [0.2, 0.25) is 0 Å². The molecule has 0 bridgehead atoms. The summed E-state index contributed by atoms with van der Waals surface area (Å²) in [6, 6.07) is 7.32. The van der Waals surface area contributed by atoms with Gasteiger partial charge in [0.05, 0.1) is 0 Å². The van der Waals surface area contributed by atoms with Crippen molar-refractivity contribution < 1.29 is 21.1 Å². The average Bonchev–Trinajstić information content (AvgIpc) is 1.80. The molecule has 0 aliphatic heterocycles. The molecule has 0 fully saturated rings. The summed E-state index contributed by atoms with van der Waals surface area (Å²) >= 11 is 0. The van der Waals surface area contributed by atoms with E-state index in [0.29, 0.717) is 0 Å². The Morgan fingerprint density at radius 2 is 1.70 bits per heavy atom. The third kappa shape index (κ3) is 2.27. The third-order valence-electron chi connectivity index (χ3n) is 1.57. The van der Waals surface area contributed by atoms with Crippen LogP contribution in [0.4, 0.5) is 0 Å². The van der Waals surface area contributed by atoms with Crippen molar-refractivity contribution in [3.63, 3.8) is 0 Å². The monoisotopic (exact) mass is 303 g/mol. The van der Waals surface area contributed by atoms with E-state index in [2.05, 4.69) is 32.9 Å². The van der Waals surface area contributed by atoms with Gasteiger partial charge in [-0.05, 0) is 0 Å². The zero-order chi connectivity index (χ0) is 6.85. The van der Waals surface area contributed by atoms with Crippen LogP contribution in [0.15, 0.2) is 12.1 Å². The third-order valence-corrected chi connectivity index (χ3v) is 1.57. The molecule has 0 N–H and O–H groups in total. The molecule has 0 nitrogen and oxygen atoms in total. The van der Waals surface area contributed by atoms with Crippen molar-refractivity contribution in [2.45, 2.75) is 20.8 Å². The zero-order valence-electron chi connectivity index (χ0n) is 6.56. The molecule has 1 rings (SSSR count). The molecule has 0 spiro atoms. The first-order valence-corrected chi connectivity index (χ1v) is 3.15. The van der Waals surface area contributed by atoms with Gasteiger partial charge < -0.3 is 0 Å². The Hall–Kier alpha value is -0.0917. The van der Waals surface area contributed by atoms with E-state index in [1.807, 2.05) is 6.07 Å². The molecule has 54 valence electrons. The zero-order valence-corrected chi connectivity index (χ0v) is 9.50. The van der Waals surface area contributed by atoms with Gasteiger partial charge in [0.2, 0.25) is 0 Å².